The second-order valence-electron chi connectivity index (χ2n) is 2.13. The minimum absolute atomic E-state index is 0.0220. The number of rotatable bonds is 3. The zero-order valence-electron chi connectivity index (χ0n) is 6.15. The fraction of sp³-hybridized carbons (Fsp3) is 0.750. The molecule has 0 unspecified atom stereocenters. The Morgan fingerprint density at radius 3 is 2.27 bits per heavy atom. The Balaban J connectivity index is 3.82. The number of primary sulfonamides is 1. The molecule has 0 aromatic carbocycles. The maximum Gasteiger partial charge on any atom is 0.314 e. The number of carbonyl (C=O) groups is 1. The van der Waals surface area contributed by atoms with Crippen LogP contribution in [0.25, 0.3) is 0 Å². The smallest absolute Gasteiger partial charge is 0.314 e. The first-order valence-electron chi connectivity index (χ1n) is 2.84. The van der Waals surface area contributed by atoms with Gasteiger partial charge in [-0.3, -0.25) is 0 Å². The average molecular weight is 181 g/mol. The van der Waals surface area contributed by atoms with Crippen molar-refractivity contribution >= 4 is 16.1 Å². The van der Waals surface area contributed by atoms with Gasteiger partial charge < -0.3 is 10.6 Å². The lowest BCUT2D eigenvalue weighted by molar-refractivity contribution is 0.221. The second kappa shape index (κ2) is 3.54. The highest BCUT2D eigenvalue weighted by molar-refractivity contribution is 7.89. The molecule has 0 spiro atoms. The summed E-state index contributed by atoms with van der Waals surface area (Å²) >= 11 is 0. The zero-order valence-corrected chi connectivity index (χ0v) is 6.97. The predicted molar refractivity (Wildman–Crippen MR) is 40.2 cm³/mol. The van der Waals surface area contributed by atoms with Crippen LogP contribution in [-0.4, -0.2) is 38.7 Å². The van der Waals surface area contributed by atoms with Crippen molar-refractivity contribution in [2.24, 2.45) is 10.9 Å². The third kappa shape index (κ3) is 5.62. The highest BCUT2D eigenvalue weighted by Crippen LogP contribution is 1.83. The zero-order chi connectivity index (χ0) is 9.07. The predicted octanol–water partition coefficient (Wildman–Crippen LogP) is -1.71. The van der Waals surface area contributed by atoms with E-state index in [1.54, 1.807) is 0 Å². The van der Waals surface area contributed by atoms with E-state index in [1.165, 1.54) is 7.05 Å². The lowest BCUT2D eigenvalue weighted by atomic mass is 10.6. The summed E-state index contributed by atoms with van der Waals surface area (Å²) in [5.74, 6) is -0.271. The summed E-state index contributed by atoms with van der Waals surface area (Å²) in [7, 11) is -2.11. The van der Waals surface area contributed by atoms with E-state index in [2.05, 4.69) is 5.14 Å². The van der Waals surface area contributed by atoms with Gasteiger partial charge in [0.15, 0.2) is 0 Å². The van der Waals surface area contributed by atoms with E-state index in [0.717, 1.165) is 4.90 Å². The molecular formula is C4H11N3O3S. The van der Waals surface area contributed by atoms with Crippen LogP contribution in [0, 0.1) is 0 Å². The number of nitrogens with two attached hydrogens (primary N) is 2. The fourth-order valence-electron chi connectivity index (χ4n) is 0.374. The third-order valence-electron chi connectivity index (χ3n) is 1.09. The Bertz CT molecular complexity index is 235. The van der Waals surface area contributed by atoms with Gasteiger partial charge in [0.1, 0.15) is 0 Å². The Kier molecular flexibility index (Phi) is 3.27. The van der Waals surface area contributed by atoms with Crippen LogP contribution in [0.1, 0.15) is 0 Å². The van der Waals surface area contributed by atoms with Gasteiger partial charge in [-0.1, -0.05) is 0 Å². The van der Waals surface area contributed by atoms with Crippen molar-refractivity contribution in [3.8, 4) is 0 Å². The van der Waals surface area contributed by atoms with Gasteiger partial charge >= 0.3 is 6.03 Å². The Hall–Kier alpha value is -0.820. The minimum atomic E-state index is -3.50. The molecule has 0 heterocycles. The summed E-state index contributed by atoms with van der Waals surface area (Å²) in [6.07, 6.45) is 0. The summed E-state index contributed by atoms with van der Waals surface area (Å²) < 4.78 is 20.7. The van der Waals surface area contributed by atoms with Crippen LogP contribution in [0.3, 0.4) is 0 Å². The van der Waals surface area contributed by atoms with Crippen LogP contribution < -0.4 is 10.9 Å². The van der Waals surface area contributed by atoms with Gasteiger partial charge in [-0.15, -0.1) is 0 Å². The third-order valence-corrected chi connectivity index (χ3v) is 1.84. The molecule has 0 aliphatic carbocycles. The average Bonchev–Trinajstić information content (AvgIpc) is 1.80. The molecule has 0 saturated carbocycles. The first-order chi connectivity index (χ1) is 4.83. The lowest BCUT2D eigenvalue weighted by Gasteiger charge is -2.11. The number of hydrogen-bond acceptors (Lipinski definition) is 3. The van der Waals surface area contributed by atoms with E-state index in [9.17, 15) is 13.2 Å². The molecule has 0 aliphatic rings. The summed E-state index contributed by atoms with van der Waals surface area (Å²) in [5, 5.41) is 4.68. The second-order valence-corrected chi connectivity index (χ2v) is 3.86. The molecule has 66 valence electrons. The van der Waals surface area contributed by atoms with Gasteiger partial charge in [0.2, 0.25) is 10.0 Å². The van der Waals surface area contributed by atoms with Crippen LogP contribution in [0.15, 0.2) is 0 Å². The molecule has 0 aromatic heterocycles. The normalized spacial score (nSPS) is 11.1. The maximum atomic E-state index is 10.4. The quantitative estimate of drug-likeness (QED) is 0.541. The molecule has 0 atom stereocenters. The van der Waals surface area contributed by atoms with E-state index < -0.39 is 16.1 Å². The van der Waals surface area contributed by atoms with Crippen LogP contribution in [0.2, 0.25) is 0 Å². The van der Waals surface area contributed by atoms with Crippen LogP contribution in [0.5, 0.6) is 0 Å². The summed E-state index contributed by atoms with van der Waals surface area (Å²) in [6, 6.07) is -0.673. The van der Waals surface area contributed by atoms with Gasteiger partial charge in [-0.25, -0.2) is 18.4 Å². The number of sulfonamides is 1. The van der Waals surface area contributed by atoms with E-state index in [-0.39, 0.29) is 12.3 Å². The molecule has 0 aliphatic heterocycles. The van der Waals surface area contributed by atoms with Gasteiger partial charge in [0.05, 0.1) is 5.75 Å². The molecule has 0 radical (unpaired) electrons. The van der Waals surface area contributed by atoms with Crippen molar-refractivity contribution < 1.29 is 13.2 Å². The molecule has 11 heavy (non-hydrogen) atoms. The van der Waals surface area contributed by atoms with E-state index in [1.807, 2.05) is 0 Å². The van der Waals surface area contributed by atoms with E-state index in [4.69, 9.17) is 5.73 Å². The van der Waals surface area contributed by atoms with Crippen molar-refractivity contribution in [3.05, 3.63) is 0 Å². The molecule has 0 aromatic rings. The number of urea groups is 1. The van der Waals surface area contributed by atoms with Crippen molar-refractivity contribution in [2.75, 3.05) is 19.3 Å². The standard InChI is InChI=1S/C4H11N3O3S/c1-7(4(5)8)2-3-11(6,9)10/h2-3H2,1H3,(H2,5,8)(H2,6,9,10). The number of carbonyl (C=O) groups excluding carboxylic acids is 1. The Labute approximate surface area is 65.2 Å². The molecular weight excluding hydrogens is 170 g/mol. The molecule has 2 amide bonds. The molecule has 4 N–H and O–H groups in total. The Morgan fingerprint density at radius 1 is 1.55 bits per heavy atom. The van der Waals surface area contributed by atoms with Gasteiger partial charge in [-0.05, 0) is 0 Å². The highest BCUT2D eigenvalue weighted by atomic mass is 32.2. The lowest BCUT2D eigenvalue weighted by Crippen LogP contribution is -2.36. The number of nitrogens with zero attached hydrogens (tertiary/aromatic N) is 1. The first kappa shape index (κ1) is 10.2. The molecule has 0 rings (SSSR count). The largest absolute Gasteiger partial charge is 0.351 e. The summed E-state index contributed by atoms with van der Waals surface area (Å²) in [4.78, 5) is 11.4. The summed E-state index contributed by atoms with van der Waals surface area (Å²) in [5.41, 5.74) is 4.82. The van der Waals surface area contributed by atoms with Gasteiger partial charge in [0.25, 0.3) is 0 Å². The SMILES string of the molecule is CN(CCS(N)(=O)=O)C(N)=O. The summed E-state index contributed by atoms with van der Waals surface area (Å²) in [6.45, 7) is 0.0220. The minimum Gasteiger partial charge on any atom is -0.351 e. The molecule has 0 fully saturated rings. The number of hydrogen-bond donors (Lipinski definition) is 2. The van der Waals surface area contributed by atoms with Crippen LogP contribution in [-0.2, 0) is 10.0 Å². The van der Waals surface area contributed by atoms with Gasteiger partial charge in [-0.2, -0.15) is 0 Å². The molecule has 7 heteroatoms. The topological polar surface area (TPSA) is 106 Å². The Morgan fingerprint density at radius 2 is 2.00 bits per heavy atom. The van der Waals surface area contributed by atoms with Crippen molar-refractivity contribution in [1.82, 2.24) is 4.90 Å². The van der Waals surface area contributed by atoms with Crippen molar-refractivity contribution in [2.45, 2.75) is 0 Å². The highest BCUT2D eigenvalue weighted by Gasteiger charge is 2.07. The van der Waals surface area contributed by atoms with Gasteiger partial charge in [0, 0.05) is 13.6 Å². The molecule has 0 bridgehead atoms. The first-order valence-corrected chi connectivity index (χ1v) is 4.55. The van der Waals surface area contributed by atoms with Crippen molar-refractivity contribution in [3.63, 3.8) is 0 Å². The van der Waals surface area contributed by atoms with Crippen molar-refractivity contribution in [1.29, 1.82) is 0 Å². The molecule has 6 nitrogen and oxygen atoms in total. The van der Waals surface area contributed by atoms with E-state index in [0.29, 0.717) is 0 Å². The number of primary amides is 1. The van der Waals surface area contributed by atoms with Crippen LogP contribution >= 0.6 is 0 Å². The number of amides is 2. The molecule has 0 saturated heterocycles. The van der Waals surface area contributed by atoms with Crippen LogP contribution in [0.4, 0.5) is 4.79 Å². The van der Waals surface area contributed by atoms with E-state index >= 15 is 0 Å². The monoisotopic (exact) mass is 181 g/mol. The maximum absolute atomic E-state index is 10.4. The fourth-order valence-corrected chi connectivity index (χ4v) is 0.903.